The van der Waals surface area contributed by atoms with Gasteiger partial charge >= 0.3 is 6.09 Å². The van der Waals surface area contributed by atoms with Gasteiger partial charge in [0, 0.05) is 25.7 Å². The molecular weight excluding hydrogens is 184 g/mol. The van der Waals surface area contributed by atoms with E-state index in [4.69, 9.17) is 10.2 Å². The molecule has 14 heavy (non-hydrogen) atoms. The Morgan fingerprint density at radius 1 is 1.43 bits per heavy atom. The van der Waals surface area contributed by atoms with Gasteiger partial charge in [-0.05, 0) is 18.3 Å². The lowest BCUT2D eigenvalue weighted by Crippen LogP contribution is -2.64. The van der Waals surface area contributed by atoms with Crippen LogP contribution in [-0.4, -0.2) is 53.5 Å². The van der Waals surface area contributed by atoms with Crippen LogP contribution in [0.25, 0.3) is 0 Å². The Kier molecular flexibility index (Phi) is 2.60. The second-order valence-corrected chi connectivity index (χ2v) is 4.21. The molecular formula is C9H16N2O3. The summed E-state index contributed by atoms with van der Waals surface area (Å²) in [7, 11) is 0. The monoisotopic (exact) mass is 200 g/mol. The van der Waals surface area contributed by atoms with Gasteiger partial charge in [0.05, 0.1) is 6.61 Å². The van der Waals surface area contributed by atoms with Crippen LogP contribution in [0, 0.1) is 11.8 Å². The van der Waals surface area contributed by atoms with Gasteiger partial charge in [-0.15, -0.1) is 0 Å². The van der Waals surface area contributed by atoms with Crippen molar-refractivity contribution in [2.75, 3.05) is 26.2 Å². The second-order valence-electron chi connectivity index (χ2n) is 4.21. The molecule has 0 aromatic heterocycles. The Balaban J connectivity index is 1.83. The number of amides is 1. The zero-order valence-electron chi connectivity index (χ0n) is 8.02. The van der Waals surface area contributed by atoms with Gasteiger partial charge in [0.25, 0.3) is 0 Å². The molecule has 0 aromatic rings. The van der Waals surface area contributed by atoms with E-state index in [0.29, 0.717) is 18.4 Å². The van der Waals surface area contributed by atoms with Crippen molar-refractivity contribution in [2.45, 2.75) is 12.5 Å². The molecule has 1 saturated carbocycles. The van der Waals surface area contributed by atoms with E-state index in [2.05, 4.69) is 10.2 Å². The van der Waals surface area contributed by atoms with Crippen LogP contribution in [0.2, 0.25) is 0 Å². The number of hydrogen-bond donors (Lipinski definition) is 3. The number of hydrogen-bond acceptors (Lipinski definition) is 3. The van der Waals surface area contributed by atoms with Gasteiger partial charge in [0.1, 0.15) is 0 Å². The summed E-state index contributed by atoms with van der Waals surface area (Å²) in [5, 5.41) is 20.0. The van der Waals surface area contributed by atoms with Gasteiger partial charge in [-0.1, -0.05) is 0 Å². The molecule has 0 radical (unpaired) electrons. The maximum Gasteiger partial charge on any atom is 0.404 e. The maximum atomic E-state index is 10.5. The third-order valence-electron chi connectivity index (χ3n) is 3.31. The number of carbonyl (C=O) groups is 1. The lowest BCUT2D eigenvalue weighted by molar-refractivity contribution is -0.0178. The average molecular weight is 200 g/mol. The van der Waals surface area contributed by atoms with E-state index in [1.54, 1.807) is 0 Å². The van der Waals surface area contributed by atoms with Crippen molar-refractivity contribution in [3.8, 4) is 0 Å². The first kappa shape index (κ1) is 9.73. The van der Waals surface area contributed by atoms with Crippen molar-refractivity contribution in [2.24, 2.45) is 11.8 Å². The number of fused-ring (bicyclic) bond motifs is 2. The van der Waals surface area contributed by atoms with Gasteiger partial charge in [0.15, 0.2) is 0 Å². The van der Waals surface area contributed by atoms with Crippen LogP contribution in [0.15, 0.2) is 0 Å². The Labute approximate surface area is 82.7 Å². The molecule has 2 saturated heterocycles. The third kappa shape index (κ3) is 1.69. The molecule has 2 heterocycles. The molecule has 5 heteroatoms. The fourth-order valence-corrected chi connectivity index (χ4v) is 2.69. The quantitative estimate of drug-likeness (QED) is 0.578. The molecule has 0 spiro atoms. The second kappa shape index (κ2) is 3.74. The summed E-state index contributed by atoms with van der Waals surface area (Å²) in [5.74, 6) is 0.910. The summed E-state index contributed by atoms with van der Waals surface area (Å²) < 4.78 is 0. The fourth-order valence-electron chi connectivity index (χ4n) is 2.69. The molecule has 1 aliphatic carbocycles. The molecule has 5 nitrogen and oxygen atoms in total. The first-order valence-electron chi connectivity index (χ1n) is 5.03. The molecule has 80 valence electrons. The molecule has 3 N–H and O–H groups in total. The van der Waals surface area contributed by atoms with Crippen LogP contribution in [0.3, 0.4) is 0 Å². The molecule has 1 amide bonds. The Morgan fingerprint density at radius 2 is 2.07 bits per heavy atom. The summed E-state index contributed by atoms with van der Waals surface area (Å²) in [5.41, 5.74) is 0. The largest absolute Gasteiger partial charge is 0.465 e. The first-order valence-corrected chi connectivity index (χ1v) is 5.03. The average Bonchev–Trinajstić information content (AvgIpc) is 2.15. The Morgan fingerprint density at radius 3 is 2.57 bits per heavy atom. The van der Waals surface area contributed by atoms with E-state index in [-0.39, 0.29) is 12.6 Å². The van der Waals surface area contributed by atoms with Gasteiger partial charge < -0.3 is 20.4 Å². The number of piperidine rings is 2. The van der Waals surface area contributed by atoms with Crippen LogP contribution < -0.4 is 5.32 Å². The van der Waals surface area contributed by atoms with Crippen molar-refractivity contribution < 1.29 is 15.0 Å². The van der Waals surface area contributed by atoms with Crippen LogP contribution in [0.5, 0.6) is 0 Å². The summed E-state index contributed by atoms with van der Waals surface area (Å²) in [4.78, 5) is 12.7. The molecule has 3 rings (SSSR count). The lowest BCUT2D eigenvalue weighted by atomic mass is 9.66. The normalized spacial score (nSPS) is 36.2. The van der Waals surface area contributed by atoms with Gasteiger partial charge in [0.2, 0.25) is 0 Å². The van der Waals surface area contributed by atoms with E-state index >= 15 is 0 Å². The predicted octanol–water partition coefficient (Wildman–Crippen LogP) is -0.433. The number of rotatable bonds is 3. The molecule has 3 aliphatic rings. The summed E-state index contributed by atoms with van der Waals surface area (Å²) in [6.45, 7) is 2.74. The van der Waals surface area contributed by atoms with Gasteiger partial charge in [-0.2, -0.15) is 0 Å². The van der Waals surface area contributed by atoms with E-state index in [1.807, 2.05) is 0 Å². The highest BCUT2D eigenvalue weighted by Crippen LogP contribution is 2.39. The number of carboxylic acid groups (broad SMARTS) is 1. The van der Waals surface area contributed by atoms with Crippen molar-refractivity contribution in [1.29, 1.82) is 0 Å². The minimum Gasteiger partial charge on any atom is -0.465 e. The Bertz CT molecular complexity index is 222. The number of nitrogens with one attached hydrogen (secondary N) is 1. The molecule has 2 unspecified atom stereocenters. The summed E-state index contributed by atoms with van der Waals surface area (Å²) in [6, 6.07) is 0.155. The van der Waals surface area contributed by atoms with E-state index < -0.39 is 6.09 Å². The minimum atomic E-state index is -0.916. The van der Waals surface area contributed by atoms with Crippen LogP contribution >= 0.6 is 0 Å². The molecule has 2 aliphatic heterocycles. The van der Waals surface area contributed by atoms with Gasteiger partial charge in [-0.3, -0.25) is 0 Å². The standard InChI is InChI=1S/C9H16N2O3/c12-2-1-11-4-6-3-7(5-11)8(6)10-9(13)14/h6-8,10,12H,1-5H2,(H,13,14). The van der Waals surface area contributed by atoms with Crippen LogP contribution in [-0.2, 0) is 0 Å². The molecule has 2 bridgehead atoms. The van der Waals surface area contributed by atoms with Crippen molar-refractivity contribution in [3.05, 3.63) is 0 Å². The smallest absolute Gasteiger partial charge is 0.404 e. The van der Waals surface area contributed by atoms with E-state index in [1.165, 1.54) is 0 Å². The highest BCUT2D eigenvalue weighted by atomic mass is 16.4. The number of nitrogens with zero attached hydrogens (tertiary/aromatic N) is 1. The molecule has 2 atom stereocenters. The number of aliphatic hydroxyl groups is 1. The molecule has 3 fully saturated rings. The van der Waals surface area contributed by atoms with E-state index in [0.717, 1.165) is 19.5 Å². The van der Waals surface area contributed by atoms with Gasteiger partial charge in [-0.25, -0.2) is 4.79 Å². The first-order chi connectivity index (χ1) is 6.70. The highest BCUT2D eigenvalue weighted by molar-refractivity contribution is 5.65. The van der Waals surface area contributed by atoms with Crippen LogP contribution in [0.4, 0.5) is 4.79 Å². The zero-order chi connectivity index (χ0) is 10.1. The lowest BCUT2D eigenvalue weighted by Gasteiger charge is -2.53. The van der Waals surface area contributed by atoms with Crippen molar-refractivity contribution in [1.82, 2.24) is 10.2 Å². The SMILES string of the molecule is O=C(O)NC1C2CC1CN(CCO)C2. The maximum absolute atomic E-state index is 10.5. The van der Waals surface area contributed by atoms with Crippen molar-refractivity contribution in [3.63, 3.8) is 0 Å². The van der Waals surface area contributed by atoms with Crippen LogP contribution in [0.1, 0.15) is 6.42 Å². The zero-order valence-corrected chi connectivity index (χ0v) is 8.02. The summed E-state index contributed by atoms with van der Waals surface area (Å²) in [6.07, 6.45) is 0.215. The molecule has 0 aromatic carbocycles. The summed E-state index contributed by atoms with van der Waals surface area (Å²) >= 11 is 0. The fraction of sp³-hybridized carbons (Fsp3) is 0.889. The number of aliphatic hydroxyl groups excluding tert-OH is 1. The van der Waals surface area contributed by atoms with Crippen molar-refractivity contribution >= 4 is 6.09 Å². The topological polar surface area (TPSA) is 72.8 Å². The predicted molar refractivity (Wildman–Crippen MR) is 50.1 cm³/mol. The third-order valence-corrected chi connectivity index (χ3v) is 3.31. The highest BCUT2D eigenvalue weighted by Gasteiger charge is 2.46. The van der Waals surface area contributed by atoms with E-state index in [9.17, 15) is 4.79 Å². The Hall–Kier alpha value is -0.810. The minimum absolute atomic E-state index is 0.155.